The molecule has 0 fully saturated rings. The molecule has 2 aromatic heterocycles. The molecule has 0 N–H and O–H groups in total. The molecule has 178 valence electrons. The van der Waals surface area contributed by atoms with Gasteiger partial charge in [-0.25, -0.2) is 9.78 Å². The Bertz CT molecular complexity index is 1110. The number of benzene rings is 1. The predicted molar refractivity (Wildman–Crippen MR) is 117 cm³/mol. The second kappa shape index (κ2) is 12.0. The average molecular weight is 485 g/mol. The molecule has 0 aliphatic carbocycles. The number of nitrogens with zero attached hydrogens (tertiary/aromatic N) is 1. The van der Waals surface area contributed by atoms with Crippen LogP contribution in [0, 0.1) is 0 Å². The number of thioether (sulfide) groups is 1. The summed E-state index contributed by atoms with van der Waals surface area (Å²) in [6.07, 6.45) is 1.36. The summed E-state index contributed by atoms with van der Waals surface area (Å²) in [5, 5.41) is 0.524. The SMILES string of the molecule is COCCOCCOCCOc1cc2cc(-c3cccc(SC(F)(F)F)c3)c(=O)oc2cn1. The number of alkyl halides is 3. The van der Waals surface area contributed by atoms with Gasteiger partial charge in [0.25, 0.3) is 0 Å². The molecule has 33 heavy (non-hydrogen) atoms. The molecular weight excluding hydrogens is 463 g/mol. The Morgan fingerprint density at radius 2 is 1.73 bits per heavy atom. The topological polar surface area (TPSA) is 80.0 Å². The number of hydrogen-bond acceptors (Lipinski definition) is 8. The van der Waals surface area contributed by atoms with Crippen molar-refractivity contribution in [2.24, 2.45) is 0 Å². The summed E-state index contributed by atoms with van der Waals surface area (Å²) in [5.74, 6) is 0.295. The highest BCUT2D eigenvalue weighted by atomic mass is 32.2. The molecule has 2 heterocycles. The second-order valence-corrected chi connectivity index (χ2v) is 7.79. The van der Waals surface area contributed by atoms with Gasteiger partial charge in [0, 0.05) is 23.5 Å². The van der Waals surface area contributed by atoms with Gasteiger partial charge in [-0.15, -0.1) is 0 Å². The first-order valence-corrected chi connectivity index (χ1v) is 10.7. The van der Waals surface area contributed by atoms with E-state index in [1.165, 1.54) is 24.4 Å². The Morgan fingerprint density at radius 3 is 2.45 bits per heavy atom. The molecule has 7 nitrogen and oxygen atoms in total. The van der Waals surface area contributed by atoms with E-state index in [0.29, 0.717) is 49.9 Å². The first-order valence-electron chi connectivity index (χ1n) is 9.93. The minimum Gasteiger partial charge on any atom is -0.475 e. The fourth-order valence-electron chi connectivity index (χ4n) is 2.82. The Balaban J connectivity index is 1.64. The smallest absolute Gasteiger partial charge is 0.446 e. The Hall–Kier alpha value is -2.60. The molecule has 11 heteroatoms. The Kier molecular flexibility index (Phi) is 9.12. The average Bonchev–Trinajstić information content (AvgIpc) is 2.76. The van der Waals surface area contributed by atoms with Crippen LogP contribution in [0.4, 0.5) is 13.2 Å². The fourth-order valence-corrected chi connectivity index (χ4v) is 3.42. The van der Waals surface area contributed by atoms with Gasteiger partial charge in [-0.05, 0) is 35.5 Å². The maximum absolute atomic E-state index is 12.7. The van der Waals surface area contributed by atoms with E-state index in [9.17, 15) is 18.0 Å². The highest BCUT2D eigenvalue weighted by molar-refractivity contribution is 8.00. The lowest BCUT2D eigenvalue weighted by Crippen LogP contribution is -2.12. The lowest BCUT2D eigenvalue weighted by Gasteiger charge is -2.09. The highest BCUT2D eigenvalue weighted by Crippen LogP contribution is 2.38. The molecule has 3 aromatic rings. The van der Waals surface area contributed by atoms with Crippen LogP contribution in [0.15, 0.2) is 56.7 Å². The van der Waals surface area contributed by atoms with E-state index in [-0.39, 0.29) is 34.4 Å². The van der Waals surface area contributed by atoms with Gasteiger partial charge in [0.2, 0.25) is 5.88 Å². The fraction of sp³-hybridized carbons (Fsp3) is 0.364. The molecule has 0 aliphatic rings. The second-order valence-electron chi connectivity index (χ2n) is 6.65. The largest absolute Gasteiger partial charge is 0.475 e. The molecule has 0 amide bonds. The van der Waals surface area contributed by atoms with Crippen molar-refractivity contribution in [2.45, 2.75) is 10.4 Å². The van der Waals surface area contributed by atoms with Crippen molar-refractivity contribution in [1.82, 2.24) is 4.98 Å². The van der Waals surface area contributed by atoms with Crippen molar-refractivity contribution in [3.05, 3.63) is 53.0 Å². The first-order chi connectivity index (χ1) is 15.9. The monoisotopic (exact) mass is 485 g/mol. The zero-order valence-corrected chi connectivity index (χ0v) is 18.5. The summed E-state index contributed by atoms with van der Waals surface area (Å²) in [6, 6.07) is 8.76. The van der Waals surface area contributed by atoms with Crippen molar-refractivity contribution >= 4 is 22.7 Å². The molecule has 3 rings (SSSR count). The standard InChI is InChI=1S/C22H22F3NO6S/c1-28-5-6-29-7-8-30-9-10-31-20-13-16-12-18(21(27)32-19(16)14-26-20)15-3-2-4-17(11-15)33-22(23,24)25/h2-4,11-14H,5-10H2,1H3. The maximum atomic E-state index is 12.7. The van der Waals surface area contributed by atoms with Crippen LogP contribution in [0.5, 0.6) is 5.88 Å². The number of methoxy groups -OCH3 is 1. The van der Waals surface area contributed by atoms with Gasteiger partial charge in [-0.3, -0.25) is 0 Å². The summed E-state index contributed by atoms with van der Waals surface area (Å²) in [7, 11) is 1.60. The number of ether oxygens (including phenoxy) is 4. The lowest BCUT2D eigenvalue weighted by atomic mass is 10.1. The number of rotatable bonds is 12. The number of hydrogen-bond donors (Lipinski definition) is 0. The molecule has 0 spiro atoms. The minimum atomic E-state index is -4.43. The van der Waals surface area contributed by atoms with E-state index >= 15 is 0 Å². The highest BCUT2D eigenvalue weighted by Gasteiger charge is 2.29. The van der Waals surface area contributed by atoms with Crippen molar-refractivity contribution in [2.75, 3.05) is 46.8 Å². The molecule has 0 saturated heterocycles. The van der Waals surface area contributed by atoms with Crippen LogP contribution in [0.2, 0.25) is 0 Å². The maximum Gasteiger partial charge on any atom is 0.446 e. The number of pyridine rings is 1. The molecule has 0 bridgehead atoms. The Labute approximate surface area is 191 Å². The Morgan fingerprint density at radius 1 is 1.00 bits per heavy atom. The van der Waals surface area contributed by atoms with E-state index in [1.807, 2.05) is 0 Å². The first kappa shape index (κ1) is 25.0. The quantitative estimate of drug-likeness (QED) is 0.274. The summed E-state index contributed by atoms with van der Waals surface area (Å²) in [6.45, 7) is 2.46. The van der Waals surface area contributed by atoms with Crippen LogP contribution in [0.3, 0.4) is 0 Å². The van der Waals surface area contributed by atoms with Crippen LogP contribution in [-0.4, -0.2) is 57.2 Å². The molecule has 0 radical (unpaired) electrons. The zero-order chi connectivity index (χ0) is 23.7. The molecule has 0 saturated carbocycles. The number of aromatic nitrogens is 1. The molecule has 1 aromatic carbocycles. The van der Waals surface area contributed by atoms with Crippen LogP contribution < -0.4 is 10.4 Å². The van der Waals surface area contributed by atoms with Gasteiger partial charge >= 0.3 is 11.1 Å². The van der Waals surface area contributed by atoms with E-state index < -0.39 is 11.1 Å². The lowest BCUT2D eigenvalue weighted by molar-refractivity contribution is -0.0328. The molecule has 0 aliphatic heterocycles. The number of halogens is 3. The van der Waals surface area contributed by atoms with Crippen molar-refractivity contribution in [3.8, 4) is 17.0 Å². The van der Waals surface area contributed by atoms with Gasteiger partial charge < -0.3 is 23.4 Å². The molecule has 0 unspecified atom stereocenters. The van der Waals surface area contributed by atoms with Crippen molar-refractivity contribution < 1.29 is 36.5 Å². The summed E-state index contributed by atoms with van der Waals surface area (Å²) < 4.78 is 64.5. The van der Waals surface area contributed by atoms with E-state index in [4.69, 9.17) is 23.4 Å². The minimum absolute atomic E-state index is 0.0256. The van der Waals surface area contributed by atoms with Gasteiger partial charge in [-0.2, -0.15) is 13.2 Å². The van der Waals surface area contributed by atoms with Crippen molar-refractivity contribution in [1.29, 1.82) is 0 Å². The van der Waals surface area contributed by atoms with Crippen LogP contribution >= 0.6 is 11.8 Å². The predicted octanol–water partition coefficient (Wildman–Crippen LogP) is 4.53. The van der Waals surface area contributed by atoms with Crippen LogP contribution in [0.25, 0.3) is 22.1 Å². The van der Waals surface area contributed by atoms with Crippen molar-refractivity contribution in [3.63, 3.8) is 0 Å². The normalized spacial score (nSPS) is 11.8. The van der Waals surface area contributed by atoms with E-state index in [2.05, 4.69) is 4.98 Å². The van der Waals surface area contributed by atoms with Gasteiger partial charge in [0.1, 0.15) is 6.61 Å². The van der Waals surface area contributed by atoms with E-state index in [0.717, 1.165) is 0 Å². The third kappa shape index (κ3) is 8.04. The summed E-state index contributed by atoms with van der Waals surface area (Å²) >= 11 is -0.247. The van der Waals surface area contributed by atoms with Crippen LogP contribution in [-0.2, 0) is 14.2 Å². The van der Waals surface area contributed by atoms with E-state index in [1.54, 1.807) is 25.3 Å². The summed E-state index contributed by atoms with van der Waals surface area (Å²) in [5.41, 5.74) is -4.40. The van der Waals surface area contributed by atoms with Gasteiger partial charge in [0.05, 0.1) is 44.8 Å². The molecular formula is C22H22F3NO6S. The molecule has 0 atom stereocenters. The zero-order valence-electron chi connectivity index (χ0n) is 17.7. The van der Waals surface area contributed by atoms with Gasteiger partial charge in [0.15, 0.2) is 5.58 Å². The summed E-state index contributed by atoms with van der Waals surface area (Å²) in [4.78, 5) is 16.5. The third-order valence-electron chi connectivity index (χ3n) is 4.25. The third-order valence-corrected chi connectivity index (χ3v) is 4.98. The van der Waals surface area contributed by atoms with Crippen LogP contribution in [0.1, 0.15) is 0 Å². The van der Waals surface area contributed by atoms with Gasteiger partial charge in [-0.1, -0.05) is 12.1 Å². The number of fused-ring (bicyclic) bond motifs is 1.